The third kappa shape index (κ3) is 3.02. The fourth-order valence-corrected chi connectivity index (χ4v) is 2.18. The van der Waals surface area contributed by atoms with E-state index in [1.807, 2.05) is 19.1 Å². The van der Waals surface area contributed by atoms with Crippen molar-refractivity contribution in [1.82, 2.24) is 5.32 Å². The number of nitrogens with one attached hydrogen (secondary N) is 1. The van der Waals surface area contributed by atoms with Crippen molar-refractivity contribution in [3.63, 3.8) is 0 Å². The Labute approximate surface area is 109 Å². The number of hydrogen-bond donors (Lipinski definition) is 1. The lowest BCUT2D eigenvalue weighted by atomic mass is 10.0. The number of hydrogen-bond acceptors (Lipinski definition) is 2. The van der Waals surface area contributed by atoms with Crippen molar-refractivity contribution in [3.05, 3.63) is 59.0 Å². The van der Waals surface area contributed by atoms with Crippen LogP contribution in [0.4, 0.5) is 0 Å². The van der Waals surface area contributed by atoms with Crippen LogP contribution in [0.3, 0.4) is 0 Å². The molecule has 0 saturated heterocycles. The predicted molar refractivity (Wildman–Crippen MR) is 74.6 cm³/mol. The molecule has 0 aliphatic heterocycles. The van der Waals surface area contributed by atoms with E-state index < -0.39 is 0 Å². The van der Waals surface area contributed by atoms with Crippen LogP contribution in [0.2, 0.25) is 0 Å². The van der Waals surface area contributed by atoms with Crippen molar-refractivity contribution >= 4 is 0 Å². The van der Waals surface area contributed by atoms with Gasteiger partial charge in [0, 0.05) is 6.04 Å². The Balaban J connectivity index is 2.05. The Morgan fingerprint density at radius 1 is 1.00 bits per heavy atom. The van der Waals surface area contributed by atoms with E-state index in [0.717, 1.165) is 11.5 Å². The van der Waals surface area contributed by atoms with Gasteiger partial charge in [-0.1, -0.05) is 29.8 Å². The zero-order valence-electron chi connectivity index (χ0n) is 11.5. The molecule has 1 unspecified atom stereocenters. The maximum Gasteiger partial charge on any atom is 0.120 e. The molecule has 0 aliphatic rings. The van der Waals surface area contributed by atoms with Crippen LogP contribution in [-0.2, 0) is 0 Å². The van der Waals surface area contributed by atoms with E-state index in [1.165, 1.54) is 11.1 Å². The minimum Gasteiger partial charge on any atom is -0.465 e. The second-order valence-electron chi connectivity index (χ2n) is 4.97. The van der Waals surface area contributed by atoms with Gasteiger partial charge >= 0.3 is 0 Å². The summed E-state index contributed by atoms with van der Waals surface area (Å²) in [5.41, 5.74) is 2.60. The topological polar surface area (TPSA) is 25.2 Å². The summed E-state index contributed by atoms with van der Waals surface area (Å²) in [7, 11) is 0. The zero-order chi connectivity index (χ0) is 13.1. The number of aryl methyl sites for hydroxylation is 2. The Morgan fingerprint density at radius 3 is 2.39 bits per heavy atom. The summed E-state index contributed by atoms with van der Waals surface area (Å²) in [6.07, 6.45) is 0. The second-order valence-corrected chi connectivity index (χ2v) is 4.97. The van der Waals surface area contributed by atoms with Crippen LogP contribution in [-0.4, -0.2) is 0 Å². The fourth-order valence-electron chi connectivity index (χ4n) is 2.18. The molecule has 0 radical (unpaired) electrons. The van der Waals surface area contributed by atoms with E-state index >= 15 is 0 Å². The second kappa shape index (κ2) is 5.40. The van der Waals surface area contributed by atoms with Crippen molar-refractivity contribution in [1.29, 1.82) is 0 Å². The lowest BCUT2D eigenvalue weighted by Gasteiger charge is -2.19. The summed E-state index contributed by atoms with van der Waals surface area (Å²) in [4.78, 5) is 0. The normalized spacial score (nSPS) is 14.4. The highest BCUT2D eigenvalue weighted by molar-refractivity contribution is 5.25. The van der Waals surface area contributed by atoms with Gasteiger partial charge in [-0.25, -0.2) is 0 Å². The average Bonchev–Trinajstić information content (AvgIpc) is 2.76. The van der Waals surface area contributed by atoms with Gasteiger partial charge in [-0.15, -0.1) is 0 Å². The standard InChI is InChI=1S/C16H21NO/c1-11-6-5-7-15(10-11)13(3)17-14(4)16-9-8-12(2)18-16/h5-10,13-14,17H,1-4H3/t13-,14?/m1/s1. The molecule has 0 aliphatic carbocycles. The molecule has 0 bridgehead atoms. The quantitative estimate of drug-likeness (QED) is 0.865. The summed E-state index contributed by atoms with van der Waals surface area (Å²) in [6, 6.07) is 13.2. The number of rotatable bonds is 4. The molecule has 18 heavy (non-hydrogen) atoms. The zero-order valence-corrected chi connectivity index (χ0v) is 11.5. The first kappa shape index (κ1) is 12.9. The summed E-state index contributed by atoms with van der Waals surface area (Å²) >= 11 is 0. The van der Waals surface area contributed by atoms with Gasteiger partial charge in [0.05, 0.1) is 6.04 Å². The van der Waals surface area contributed by atoms with Crippen molar-refractivity contribution in [2.45, 2.75) is 39.8 Å². The molecule has 96 valence electrons. The molecule has 2 nitrogen and oxygen atoms in total. The highest BCUT2D eigenvalue weighted by Gasteiger charge is 2.13. The smallest absolute Gasteiger partial charge is 0.120 e. The van der Waals surface area contributed by atoms with Crippen molar-refractivity contribution in [2.75, 3.05) is 0 Å². The largest absolute Gasteiger partial charge is 0.465 e. The molecule has 2 heteroatoms. The lowest BCUT2D eigenvalue weighted by Crippen LogP contribution is -2.22. The van der Waals surface area contributed by atoms with Crippen LogP contribution >= 0.6 is 0 Å². The van der Waals surface area contributed by atoms with E-state index in [2.05, 4.69) is 50.4 Å². The molecule has 2 aromatic rings. The first-order chi connectivity index (χ1) is 8.56. The Kier molecular flexibility index (Phi) is 3.87. The highest BCUT2D eigenvalue weighted by atomic mass is 16.3. The van der Waals surface area contributed by atoms with Gasteiger partial charge in [0.25, 0.3) is 0 Å². The van der Waals surface area contributed by atoms with E-state index in [1.54, 1.807) is 0 Å². The fraction of sp³-hybridized carbons (Fsp3) is 0.375. The molecular weight excluding hydrogens is 222 g/mol. The number of benzene rings is 1. The summed E-state index contributed by atoms with van der Waals surface area (Å²) in [5.74, 6) is 1.95. The summed E-state index contributed by atoms with van der Waals surface area (Å²) in [6.45, 7) is 8.40. The van der Waals surface area contributed by atoms with E-state index in [-0.39, 0.29) is 6.04 Å². The van der Waals surface area contributed by atoms with E-state index in [0.29, 0.717) is 6.04 Å². The monoisotopic (exact) mass is 243 g/mol. The van der Waals surface area contributed by atoms with Crippen LogP contribution in [0.5, 0.6) is 0 Å². The predicted octanol–water partition coefficient (Wildman–Crippen LogP) is 4.31. The molecule has 2 atom stereocenters. The van der Waals surface area contributed by atoms with Crippen molar-refractivity contribution < 1.29 is 4.42 Å². The third-order valence-electron chi connectivity index (χ3n) is 3.23. The summed E-state index contributed by atoms with van der Waals surface area (Å²) in [5, 5.41) is 3.56. The Morgan fingerprint density at radius 2 is 1.78 bits per heavy atom. The molecule has 1 aromatic carbocycles. The van der Waals surface area contributed by atoms with Crippen molar-refractivity contribution in [2.24, 2.45) is 0 Å². The molecule has 2 rings (SSSR count). The molecule has 0 fully saturated rings. The third-order valence-corrected chi connectivity index (χ3v) is 3.23. The molecular formula is C16H21NO. The van der Waals surface area contributed by atoms with Gasteiger partial charge in [-0.05, 0) is 45.4 Å². The molecule has 1 aromatic heterocycles. The van der Waals surface area contributed by atoms with Crippen LogP contribution in [0, 0.1) is 13.8 Å². The molecule has 1 heterocycles. The van der Waals surface area contributed by atoms with Crippen LogP contribution in [0.1, 0.15) is 48.6 Å². The first-order valence-corrected chi connectivity index (χ1v) is 6.45. The summed E-state index contributed by atoms with van der Waals surface area (Å²) < 4.78 is 5.64. The molecule has 0 spiro atoms. The van der Waals surface area contributed by atoms with Crippen LogP contribution < -0.4 is 5.32 Å². The van der Waals surface area contributed by atoms with Gasteiger partial charge in [-0.2, -0.15) is 0 Å². The van der Waals surface area contributed by atoms with Gasteiger partial charge in [0.15, 0.2) is 0 Å². The van der Waals surface area contributed by atoms with E-state index in [4.69, 9.17) is 4.42 Å². The minimum atomic E-state index is 0.217. The Hall–Kier alpha value is -1.54. The van der Waals surface area contributed by atoms with Gasteiger partial charge < -0.3 is 9.73 Å². The average molecular weight is 243 g/mol. The van der Waals surface area contributed by atoms with Crippen LogP contribution in [0.25, 0.3) is 0 Å². The lowest BCUT2D eigenvalue weighted by molar-refractivity contribution is 0.392. The van der Waals surface area contributed by atoms with Gasteiger partial charge in [0.1, 0.15) is 11.5 Å². The minimum absolute atomic E-state index is 0.217. The maximum atomic E-state index is 5.64. The van der Waals surface area contributed by atoms with E-state index in [9.17, 15) is 0 Å². The SMILES string of the molecule is Cc1cccc([C@@H](C)NC(C)c2ccc(C)o2)c1. The van der Waals surface area contributed by atoms with Crippen LogP contribution in [0.15, 0.2) is 40.8 Å². The Bertz CT molecular complexity index is 515. The molecule has 1 N–H and O–H groups in total. The van der Waals surface area contributed by atoms with Crippen molar-refractivity contribution in [3.8, 4) is 0 Å². The first-order valence-electron chi connectivity index (χ1n) is 6.45. The molecule has 0 amide bonds. The van der Waals surface area contributed by atoms with Gasteiger partial charge in [0.2, 0.25) is 0 Å². The molecule has 0 saturated carbocycles. The highest BCUT2D eigenvalue weighted by Crippen LogP contribution is 2.21. The number of furan rings is 1. The maximum absolute atomic E-state index is 5.64. The van der Waals surface area contributed by atoms with Gasteiger partial charge in [-0.3, -0.25) is 0 Å².